The first-order valence-corrected chi connectivity index (χ1v) is 10.8. The Labute approximate surface area is 196 Å². The molecule has 2 aromatic carbocycles. The van der Waals surface area contributed by atoms with Gasteiger partial charge in [-0.1, -0.05) is 41.1 Å². The number of alkyl halides is 3. The Bertz CT molecular complexity index is 1150. The number of amides is 2. The minimum absolute atomic E-state index is 0.0710. The molecule has 12 heteroatoms. The average molecular weight is 499 g/mol. The summed E-state index contributed by atoms with van der Waals surface area (Å²) < 4.78 is 44.4. The van der Waals surface area contributed by atoms with E-state index in [1.54, 1.807) is 0 Å². The van der Waals surface area contributed by atoms with Crippen molar-refractivity contribution >= 4 is 40.9 Å². The fraction of sp³-hybridized carbons (Fsp3) is 0.238. The van der Waals surface area contributed by atoms with Gasteiger partial charge in [0.15, 0.2) is 0 Å². The van der Waals surface area contributed by atoms with E-state index in [1.165, 1.54) is 13.1 Å². The largest absolute Gasteiger partial charge is 0.417 e. The Morgan fingerprint density at radius 1 is 1.15 bits per heavy atom. The van der Waals surface area contributed by atoms with E-state index >= 15 is 0 Å². The lowest BCUT2D eigenvalue weighted by atomic mass is 10.1. The molecule has 3 rings (SSSR count). The molecule has 7 nitrogen and oxygen atoms in total. The van der Waals surface area contributed by atoms with E-state index in [9.17, 15) is 22.8 Å². The third-order valence-corrected chi connectivity index (χ3v) is 5.52. The summed E-state index contributed by atoms with van der Waals surface area (Å²) in [6.45, 7) is 1.60. The third-order valence-electron chi connectivity index (χ3n) is 4.39. The van der Waals surface area contributed by atoms with Gasteiger partial charge < -0.3 is 14.6 Å². The summed E-state index contributed by atoms with van der Waals surface area (Å²) in [5, 5.41) is 9.88. The molecule has 3 aromatic rings. The minimum atomic E-state index is -4.66. The van der Waals surface area contributed by atoms with Crippen LogP contribution in [0.4, 0.5) is 18.9 Å². The molecule has 1 heterocycles. The van der Waals surface area contributed by atoms with Crippen LogP contribution in [-0.4, -0.2) is 46.3 Å². The van der Waals surface area contributed by atoms with Crippen molar-refractivity contribution in [2.24, 2.45) is 0 Å². The van der Waals surface area contributed by atoms with E-state index in [2.05, 4.69) is 15.5 Å². The van der Waals surface area contributed by atoms with Crippen molar-refractivity contribution in [2.45, 2.75) is 18.3 Å². The molecule has 174 valence electrons. The molecule has 0 saturated carbocycles. The zero-order valence-corrected chi connectivity index (χ0v) is 19.0. The van der Waals surface area contributed by atoms with E-state index in [0.29, 0.717) is 5.89 Å². The predicted octanol–water partition coefficient (Wildman–Crippen LogP) is 4.91. The summed E-state index contributed by atoms with van der Waals surface area (Å²) in [6, 6.07) is 10.5. The van der Waals surface area contributed by atoms with Gasteiger partial charge in [-0.15, -0.1) is 10.2 Å². The Kier molecular flexibility index (Phi) is 7.65. The van der Waals surface area contributed by atoms with Gasteiger partial charge >= 0.3 is 6.18 Å². The van der Waals surface area contributed by atoms with Crippen LogP contribution in [-0.2, 0) is 15.8 Å². The molecule has 1 aromatic heterocycles. The Morgan fingerprint density at radius 2 is 1.85 bits per heavy atom. The second-order valence-electron chi connectivity index (χ2n) is 7.02. The normalized spacial score (nSPS) is 11.3. The van der Waals surface area contributed by atoms with E-state index in [4.69, 9.17) is 16.0 Å². The summed E-state index contributed by atoms with van der Waals surface area (Å²) in [7, 11) is 1.40. The number of aryl methyl sites for hydroxylation is 1. The number of nitrogens with one attached hydrogen (secondary N) is 1. The van der Waals surface area contributed by atoms with E-state index in [-0.39, 0.29) is 23.2 Å². The number of thioether (sulfide) groups is 1. The number of halogens is 4. The first-order chi connectivity index (χ1) is 15.5. The molecule has 0 radical (unpaired) electrons. The number of nitrogens with zero attached hydrogens (tertiary/aromatic N) is 3. The molecule has 0 atom stereocenters. The van der Waals surface area contributed by atoms with Gasteiger partial charge in [-0.3, -0.25) is 9.59 Å². The zero-order valence-electron chi connectivity index (χ0n) is 17.4. The van der Waals surface area contributed by atoms with Crippen LogP contribution in [0.1, 0.15) is 11.1 Å². The van der Waals surface area contributed by atoms with Crippen molar-refractivity contribution in [1.29, 1.82) is 0 Å². The van der Waals surface area contributed by atoms with Crippen LogP contribution < -0.4 is 5.32 Å². The summed E-state index contributed by atoms with van der Waals surface area (Å²) in [5.74, 6) is -0.819. The van der Waals surface area contributed by atoms with Crippen LogP contribution in [0.5, 0.6) is 0 Å². The number of likely N-dealkylation sites (N-methyl/N-ethyl adjacent to an activating group) is 1. The second-order valence-corrected chi connectivity index (χ2v) is 8.35. The molecule has 0 bridgehead atoms. The quantitative estimate of drug-likeness (QED) is 0.466. The van der Waals surface area contributed by atoms with Crippen LogP contribution in [0.15, 0.2) is 52.1 Å². The van der Waals surface area contributed by atoms with E-state index in [1.807, 2.05) is 31.2 Å². The number of hydrogen-bond acceptors (Lipinski definition) is 6. The fourth-order valence-electron chi connectivity index (χ4n) is 2.64. The van der Waals surface area contributed by atoms with Crippen molar-refractivity contribution in [1.82, 2.24) is 15.1 Å². The number of carbonyl (C=O) groups is 2. The van der Waals surface area contributed by atoms with Gasteiger partial charge in [0.05, 0.1) is 22.9 Å². The maximum Gasteiger partial charge on any atom is 0.417 e. The van der Waals surface area contributed by atoms with Crippen molar-refractivity contribution < 1.29 is 27.2 Å². The van der Waals surface area contributed by atoms with Gasteiger partial charge in [0.2, 0.25) is 17.7 Å². The van der Waals surface area contributed by atoms with Crippen molar-refractivity contribution in [3.63, 3.8) is 0 Å². The number of hydrogen-bond donors (Lipinski definition) is 1. The van der Waals surface area contributed by atoms with Gasteiger partial charge in [0.1, 0.15) is 0 Å². The maximum atomic E-state index is 13.0. The van der Waals surface area contributed by atoms with Crippen molar-refractivity contribution in [3.05, 3.63) is 58.6 Å². The summed E-state index contributed by atoms with van der Waals surface area (Å²) in [4.78, 5) is 25.6. The van der Waals surface area contributed by atoms with Crippen LogP contribution in [0.3, 0.4) is 0 Å². The van der Waals surface area contributed by atoms with Crippen molar-refractivity contribution in [3.8, 4) is 11.5 Å². The molecule has 0 aliphatic carbocycles. The molecular weight excluding hydrogens is 481 g/mol. The molecule has 1 N–H and O–H groups in total. The molecule has 0 aliphatic rings. The first kappa shape index (κ1) is 24.6. The van der Waals surface area contributed by atoms with Gasteiger partial charge in [-0.2, -0.15) is 13.2 Å². The monoisotopic (exact) mass is 498 g/mol. The van der Waals surface area contributed by atoms with Crippen LogP contribution in [0.25, 0.3) is 11.5 Å². The molecule has 0 aliphatic heterocycles. The average Bonchev–Trinajstić information content (AvgIpc) is 3.22. The van der Waals surface area contributed by atoms with E-state index < -0.39 is 28.6 Å². The molecule has 0 spiro atoms. The second kappa shape index (κ2) is 10.3. The van der Waals surface area contributed by atoms with Crippen LogP contribution in [0.2, 0.25) is 5.02 Å². The Hall–Kier alpha value is -3.05. The Balaban J connectivity index is 1.52. The van der Waals surface area contributed by atoms with E-state index in [0.717, 1.165) is 39.9 Å². The van der Waals surface area contributed by atoms with Gasteiger partial charge in [0, 0.05) is 18.3 Å². The topological polar surface area (TPSA) is 88.3 Å². The van der Waals surface area contributed by atoms with Gasteiger partial charge in [-0.05, 0) is 37.3 Å². The summed E-state index contributed by atoms with van der Waals surface area (Å²) >= 11 is 6.58. The molecule has 0 fully saturated rings. The SMILES string of the molecule is Cc1ccc(-c2nnc(SCC(=O)N(C)CC(=O)Nc3ccc(Cl)c(C(F)(F)F)c3)o2)cc1. The number of rotatable bonds is 7. The minimum Gasteiger partial charge on any atom is -0.411 e. The molecule has 0 unspecified atom stereocenters. The maximum absolute atomic E-state index is 13.0. The summed E-state index contributed by atoms with van der Waals surface area (Å²) in [5.41, 5.74) is 0.687. The van der Waals surface area contributed by atoms with Crippen LogP contribution >= 0.6 is 23.4 Å². The van der Waals surface area contributed by atoms with Gasteiger partial charge in [0.25, 0.3) is 5.22 Å². The highest BCUT2D eigenvalue weighted by atomic mass is 35.5. The first-order valence-electron chi connectivity index (χ1n) is 9.47. The molecule has 2 amide bonds. The predicted molar refractivity (Wildman–Crippen MR) is 118 cm³/mol. The number of benzene rings is 2. The zero-order chi connectivity index (χ0) is 24.2. The molecule has 33 heavy (non-hydrogen) atoms. The van der Waals surface area contributed by atoms with Gasteiger partial charge in [-0.25, -0.2) is 0 Å². The highest BCUT2D eigenvalue weighted by Gasteiger charge is 2.33. The smallest absolute Gasteiger partial charge is 0.411 e. The number of anilines is 1. The fourth-order valence-corrected chi connectivity index (χ4v) is 3.57. The van der Waals surface area contributed by atoms with Crippen LogP contribution in [0, 0.1) is 6.92 Å². The standard InChI is InChI=1S/C21H18ClF3N4O3S/c1-12-3-5-13(6-4-12)19-27-28-20(32-19)33-11-18(31)29(2)10-17(30)26-14-7-8-16(22)15(9-14)21(23,24)25/h3-9H,10-11H2,1-2H3,(H,26,30). The molecule has 0 saturated heterocycles. The highest BCUT2D eigenvalue weighted by Crippen LogP contribution is 2.36. The lowest BCUT2D eigenvalue weighted by molar-refractivity contribution is -0.137. The van der Waals surface area contributed by atoms with Crippen molar-refractivity contribution in [2.75, 3.05) is 24.7 Å². The highest BCUT2D eigenvalue weighted by molar-refractivity contribution is 7.99. The molecular formula is C21H18ClF3N4O3S. The Morgan fingerprint density at radius 3 is 2.52 bits per heavy atom. The number of carbonyl (C=O) groups excluding carboxylic acids is 2. The lowest BCUT2D eigenvalue weighted by Crippen LogP contribution is -2.36. The number of aromatic nitrogens is 2. The lowest BCUT2D eigenvalue weighted by Gasteiger charge is -2.17. The summed E-state index contributed by atoms with van der Waals surface area (Å²) in [6.07, 6.45) is -4.66. The third kappa shape index (κ3) is 6.72.